The smallest absolute Gasteiger partial charge is 0.335 e. The third-order valence-electron chi connectivity index (χ3n) is 6.34. The van der Waals surface area contributed by atoms with Crippen LogP contribution in [0.4, 0.5) is 15.9 Å². The van der Waals surface area contributed by atoms with Crippen LogP contribution in [0.25, 0.3) is 33.2 Å². The standard InChI is InChI=1S/C26H20FN5O2/c1-14-19-11-16(5-8-20(19)31-30-14)24-25(29-22-12-17(26(33)34)6-9-21(22)28-24)32-10-2-3-15-4-7-18(27)13-23(15)32/h4-9,11-13H,2-3,10H2,1H3,(H,30,31)(H,33,34). The summed E-state index contributed by atoms with van der Waals surface area (Å²) in [6.07, 6.45) is 1.73. The van der Waals surface area contributed by atoms with E-state index in [1.165, 1.54) is 24.3 Å². The zero-order valence-corrected chi connectivity index (χ0v) is 18.3. The van der Waals surface area contributed by atoms with Gasteiger partial charge in [-0.25, -0.2) is 19.2 Å². The van der Waals surface area contributed by atoms with Gasteiger partial charge in [-0.2, -0.15) is 5.10 Å². The first-order valence-electron chi connectivity index (χ1n) is 11.0. The maximum atomic E-state index is 14.2. The maximum Gasteiger partial charge on any atom is 0.335 e. The second-order valence-electron chi connectivity index (χ2n) is 8.50. The molecule has 2 aromatic heterocycles. The second kappa shape index (κ2) is 7.62. The van der Waals surface area contributed by atoms with Crippen molar-refractivity contribution in [3.05, 3.63) is 77.2 Å². The number of anilines is 2. The van der Waals surface area contributed by atoms with E-state index in [-0.39, 0.29) is 11.4 Å². The molecule has 0 aliphatic carbocycles. The van der Waals surface area contributed by atoms with Gasteiger partial charge in [-0.1, -0.05) is 12.1 Å². The fourth-order valence-corrected chi connectivity index (χ4v) is 4.62. The summed E-state index contributed by atoms with van der Waals surface area (Å²) in [5, 5.41) is 17.7. The van der Waals surface area contributed by atoms with E-state index < -0.39 is 5.97 Å². The van der Waals surface area contributed by atoms with Gasteiger partial charge in [0.05, 0.1) is 27.8 Å². The predicted octanol–water partition coefficient (Wildman–Crippen LogP) is 5.40. The Morgan fingerprint density at radius 3 is 2.79 bits per heavy atom. The minimum absolute atomic E-state index is 0.140. The van der Waals surface area contributed by atoms with Crippen molar-refractivity contribution in [2.45, 2.75) is 19.8 Å². The van der Waals surface area contributed by atoms with Crippen molar-refractivity contribution in [1.29, 1.82) is 0 Å². The molecule has 0 saturated heterocycles. The SMILES string of the molecule is Cc1n[nH]c2ccc(-c3nc4ccc(C(=O)O)cc4nc3N3CCCc4ccc(F)cc43)cc12. The molecule has 2 N–H and O–H groups in total. The van der Waals surface area contributed by atoms with Crippen molar-refractivity contribution in [1.82, 2.24) is 20.2 Å². The Hall–Kier alpha value is -4.33. The molecule has 3 aromatic carbocycles. The van der Waals surface area contributed by atoms with E-state index in [2.05, 4.69) is 10.2 Å². The number of rotatable bonds is 3. The molecule has 1 aliphatic heterocycles. The molecule has 0 radical (unpaired) electrons. The van der Waals surface area contributed by atoms with Crippen molar-refractivity contribution in [3.63, 3.8) is 0 Å². The highest BCUT2D eigenvalue weighted by atomic mass is 19.1. The first kappa shape index (κ1) is 20.3. The van der Waals surface area contributed by atoms with Crippen molar-refractivity contribution in [2.24, 2.45) is 0 Å². The summed E-state index contributed by atoms with van der Waals surface area (Å²) in [6, 6.07) is 15.5. The molecule has 34 heavy (non-hydrogen) atoms. The molecule has 0 fully saturated rings. The number of benzene rings is 3. The Morgan fingerprint density at radius 2 is 1.94 bits per heavy atom. The first-order valence-corrected chi connectivity index (χ1v) is 11.0. The molecule has 0 saturated carbocycles. The van der Waals surface area contributed by atoms with Crippen LogP contribution >= 0.6 is 0 Å². The number of aromatic carboxylic acids is 1. The van der Waals surface area contributed by atoms with Crippen molar-refractivity contribution < 1.29 is 14.3 Å². The maximum absolute atomic E-state index is 14.2. The molecule has 6 rings (SSSR count). The lowest BCUT2D eigenvalue weighted by atomic mass is 10.0. The Balaban J connectivity index is 1.63. The fraction of sp³-hybridized carbons (Fsp3) is 0.154. The van der Waals surface area contributed by atoms with Crippen LogP contribution in [0.3, 0.4) is 0 Å². The molecule has 0 amide bonds. The van der Waals surface area contributed by atoms with E-state index in [9.17, 15) is 14.3 Å². The Labute approximate surface area is 193 Å². The Kier molecular flexibility index (Phi) is 4.55. The van der Waals surface area contributed by atoms with Gasteiger partial charge in [-0.05, 0) is 67.8 Å². The number of fused-ring (bicyclic) bond motifs is 3. The quantitative estimate of drug-likeness (QED) is 0.380. The third-order valence-corrected chi connectivity index (χ3v) is 6.34. The number of hydrogen-bond donors (Lipinski definition) is 2. The van der Waals surface area contributed by atoms with Gasteiger partial charge in [-0.3, -0.25) is 5.10 Å². The number of aromatic nitrogens is 4. The zero-order chi connectivity index (χ0) is 23.4. The number of carbonyl (C=O) groups is 1. The van der Waals surface area contributed by atoms with Crippen LogP contribution in [0, 0.1) is 12.7 Å². The summed E-state index contributed by atoms with van der Waals surface area (Å²) >= 11 is 0. The Bertz CT molecular complexity index is 1610. The van der Waals surface area contributed by atoms with Gasteiger partial charge >= 0.3 is 5.97 Å². The van der Waals surface area contributed by atoms with E-state index in [0.29, 0.717) is 29.1 Å². The molecule has 1 aliphatic rings. The zero-order valence-electron chi connectivity index (χ0n) is 18.3. The summed E-state index contributed by atoms with van der Waals surface area (Å²) in [5.41, 5.74) is 6.31. The number of nitrogens with one attached hydrogen (secondary N) is 1. The highest BCUT2D eigenvalue weighted by molar-refractivity contribution is 5.95. The lowest BCUT2D eigenvalue weighted by Crippen LogP contribution is -2.26. The fourth-order valence-electron chi connectivity index (χ4n) is 4.62. The molecule has 5 aromatic rings. The van der Waals surface area contributed by atoms with Crippen LogP contribution in [0.5, 0.6) is 0 Å². The normalized spacial score (nSPS) is 13.4. The number of nitrogens with zero attached hydrogens (tertiary/aromatic N) is 4. The molecular weight excluding hydrogens is 433 g/mol. The van der Waals surface area contributed by atoms with Crippen LogP contribution < -0.4 is 4.90 Å². The van der Waals surface area contributed by atoms with Crippen LogP contribution in [0.1, 0.15) is 28.0 Å². The monoisotopic (exact) mass is 453 g/mol. The number of halogens is 1. The lowest BCUT2D eigenvalue weighted by Gasteiger charge is -2.31. The van der Waals surface area contributed by atoms with Crippen LogP contribution in [-0.2, 0) is 6.42 Å². The number of aryl methyl sites for hydroxylation is 2. The van der Waals surface area contributed by atoms with Crippen molar-refractivity contribution in [3.8, 4) is 11.3 Å². The minimum atomic E-state index is -1.03. The number of hydrogen-bond acceptors (Lipinski definition) is 5. The number of carboxylic acids is 1. The van der Waals surface area contributed by atoms with Gasteiger partial charge in [0.2, 0.25) is 0 Å². The van der Waals surface area contributed by atoms with Crippen molar-refractivity contribution in [2.75, 3.05) is 11.4 Å². The highest BCUT2D eigenvalue weighted by Crippen LogP contribution is 2.39. The van der Waals surface area contributed by atoms with E-state index >= 15 is 0 Å². The molecular formula is C26H20FN5O2. The van der Waals surface area contributed by atoms with Gasteiger partial charge in [0.15, 0.2) is 5.82 Å². The van der Waals surface area contributed by atoms with Crippen LogP contribution in [-0.4, -0.2) is 37.8 Å². The molecule has 3 heterocycles. The van der Waals surface area contributed by atoms with E-state index in [1.54, 1.807) is 6.07 Å². The molecule has 0 bridgehead atoms. The van der Waals surface area contributed by atoms with Crippen LogP contribution in [0.15, 0.2) is 54.6 Å². The third kappa shape index (κ3) is 3.26. The number of carboxylic acid groups (broad SMARTS) is 1. The van der Waals surface area contributed by atoms with Gasteiger partial charge in [0, 0.05) is 23.2 Å². The van der Waals surface area contributed by atoms with Gasteiger partial charge < -0.3 is 10.0 Å². The summed E-state index contributed by atoms with van der Waals surface area (Å²) in [6.45, 7) is 2.59. The average Bonchev–Trinajstić information content (AvgIpc) is 3.22. The van der Waals surface area contributed by atoms with E-state index in [0.717, 1.165) is 46.3 Å². The summed E-state index contributed by atoms with van der Waals surface area (Å²) in [4.78, 5) is 23.3. The minimum Gasteiger partial charge on any atom is -0.478 e. The summed E-state index contributed by atoms with van der Waals surface area (Å²) in [5.74, 6) is -0.771. The molecule has 8 heteroatoms. The van der Waals surface area contributed by atoms with Gasteiger partial charge in [0.1, 0.15) is 11.5 Å². The molecule has 168 valence electrons. The van der Waals surface area contributed by atoms with E-state index in [4.69, 9.17) is 9.97 Å². The lowest BCUT2D eigenvalue weighted by molar-refractivity contribution is 0.0697. The number of aromatic amines is 1. The molecule has 0 unspecified atom stereocenters. The topological polar surface area (TPSA) is 95.0 Å². The summed E-state index contributed by atoms with van der Waals surface area (Å²) < 4.78 is 14.2. The largest absolute Gasteiger partial charge is 0.478 e. The molecule has 0 atom stereocenters. The van der Waals surface area contributed by atoms with Crippen molar-refractivity contribution >= 4 is 39.4 Å². The van der Waals surface area contributed by atoms with Gasteiger partial charge in [-0.15, -0.1) is 0 Å². The predicted molar refractivity (Wildman–Crippen MR) is 128 cm³/mol. The highest BCUT2D eigenvalue weighted by Gasteiger charge is 2.25. The molecule has 7 nitrogen and oxygen atoms in total. The average molecular weight is 453 g/mol. The van der Waals surface area contributed by atoms with E-state index in [1.807, 2.05) is 36.1 Å². The Morgan fingerprint density at radius 1 is 1.06 bits per heavy atom. The number of H-pyrrole nitrogens is 1. The molecule has 0 spiro atoms. The van der Waals surface area contributed by atoms with Gasteiger partial charge in [0.25, 0.3) is 0 Å². The van der Waals surface area contributed by atoms with Crippen LogP contribution in [0.2, 0.25) is 0 Å². The second-order valence-corrected chi connectivity index (χ2v) is 8.50. The summed E-state index contributed by atoms with van der Waals surface area (Å²) in [7, 11) is 0. The first-order chi connectivity index (χ1) is 16.5.